The Kier molecular flexibility index (Phi) is 7.30. The van der Waals surface area contributed by atoms with Gasteiger partial charge in [0.15, 0.2) is 5.96 Å². The summed E-state index contributed by atoms with van der Waals surface area (Å²) in [5.41, 5.74) is 7.74. The van der Waals surface area contributed by atoms with Gasteiger partial charge in [-0.15, -0.1) is 0 Å². The molecular formula is C22H26ClN5O2. The summed E-state index contributed by atoms with van der Waals surface area (Å²) in [5, 5.41) is 3.93. The number of piperazine rings is 1. The average Bonchev–Trinajstić information content (AvgIpc) is 2.74. The molecule has 2 amide bonds. The van der Waals surface area contributed by atoms with Gasteiger partial charge in [-0.25, -0.2) is 4.99 Å². The molecule has 2 aromatic carbocycles. The second kappa shape index (κ2) is 10.1. The fourth-order valence-corrected chi connectivity index (χ4v) is 3.41. The first-order valence-electron chi connectivity index (χ1n) is 9.90. The first-order valence-corrected chi connectivity index (χ1v) is 10.3. The smallest absolute Gasteiger partial charge is 0.248 e. The summed E-state index contributed by atoms with van der Waals surface area (Å²) in [7, 11) is 0. The van der Waals surface area contributed by atoms with Crippen LogP contribution in [0.2, 0.25) is 5.02 Å². The topological polar surface area (TPSA) is 91.0 Å². The van der Waals surface area contributed by atoms with Gasteiger partial charge in [-0.05, 0) is 42.3 Å². The molecule has 3 N–H and O–H groups in total. The van der Waals surface area contributed by atoms with E-state index in [4.69, 9.17) is 17.3 Å². The van der Waals surface area contributed by atoms with Gasteiger partial charge >= 0.3 is 0 Å². The summed E-state index contributed by atoms with van der Waals surface area (Å²) in [4.78, 5) is 32.5. The molecule has 3 rings (SSSR count). The molecule has 1 saturated heterocycles. The van der Waals surface area contributed by atoms with Gasteiger partial charge in [0.05, 0.1) is 13.1 Å². The number of nitrogens with two attached hydrogens (primary N) is 1. The summed E-state index contributed by atoms with van der Waals surface area (Å²) < 4.78 is 0. The molecule has 1 fully saturated rings. The lowest BCUT2D eigenvalue weighted by Crippen LogP contribution is -2.54. The number of hydrogen-bond acceptors (Lipinski definition) is 3. The van der Waals surface area contributed by atoms with Crippen LogP contribution in [-0.2, 0) is 17.9 Å². The number of carbonyl (C=O) groups excluding carboxylic acids is 2. The standard InChI is InChI=1S/C22H26ClN5O2/c1-2-25-22(26-13-17-4-3-5-18(12-17)21(24)30)28-11-10-27(20(29)15-28)14-16-6-8-19(23)9-7-16/h3-9,12H,2,10-11,13-15H2,1H3,(H2,24,30)(H,25,26). The molecule has 0 aliphatic carbocycles. The summed E-state index contributed by atoms with van der Waals surface area (Å²) in [6.07, 6.45) is 0. The van der Waals surface area contributed by atoms with Gasteiger partial charge in [0.25, 0.3) is 0 Å². The summed E-state index contributed by atoms with van der Waals surface area (Å²) in [6, 6.07) is 14.7. The highest BCUT2D eigenvalue weighted by Crippen LogP contribution is 2.14. The number of nitrogens with one attached hydrogen (secondary N) is 1. The largest absolute Gasteiger partial charge is 0.366 e. The molecule has 1 aliphatic rings. The highest BCUT2D eigenvalue weighted by atomic mass is 35.5. The fourth-order valence-electron chi connectivity index (χ4n) is 3.28. The Balaban J connectivity index is 1.64. The molecule has 0 atom stereocenters. The van der Waals surface area contributed by atoms with Crippen LogP contribution in [-0.4, -0.2) is 53.8 Å². The molecule has 0 bridgehead atoms. The van der Waals surface area contributed by atoms with E-state index in [1.165, 1.54) is 0 Å². The first-order chi connectivity index (χ1) is 14.5. The molecule has 1 aliphatic heterocycles. The number of aliphatic imine (C=N–C) groups is 1. The molecule has 0 radical (unpaired) electrons. The van der Waals surface area contributed by atoms with Crippen molar-refractivity contribution in [1.82, 2.24) is 15.1 Å². The SMILES string of the molecule is CCNC(=NCc1cccc(C(N)=O)c1)N1CCN(Cc2ccc(Cl)cc2)C(=O)C1. The van der Waals surface area contributed by atoms with Crippen LogP contribution in [0, 0.1) is 0 Å². The number of carbonyl (C=O) groups is 2. The molecule has 7 nitrogen and oxygen atoms in total. The number of guanidine groups is 1. The predicted molar refractivity (Wildman–Crippen MR) is 118 cm³/mol. The highest BCUT2D eigenvalue weighted by molar-refractivity contribution is 6.30. The van der Waals surface area contributed by atoms with Crippen molar-refractivity contribution < 1.29 is 9.59 Å². The Morgan fingerprint density at radius 1 is 1.17 bits per heavy atom. The monoisotopic (exact) mass is 427 g/mol. The average molecular weight is 428 g/mol. The predicted octanol–water partition coefficient (Wildman–Crippen LogP) is 2.25. The van der Waals surface area contributed by atoms with Gasteiger partial charge in [0, 0.05) is 36.8 Å². The molecular weight excluding hydrogens is 402 g/mol. The van der Waals surface area contributed by atoms with Crippen molar-refractivity contribution in [3.05, 3.63) is 70.2 Å². The molecule has 0 saturated carbocycles. The van der Waals surface area contributed by atoms with Crippen LogP contribution in [0.1, 0.15) is 28.4 Å². The second-order valence-corrected chi connectivity index (χ2v) is 7.53. The van der Waals surface area contributed by atoms with E-state index in [2.05, 4.69) is 10.3 Å². The van der Waals surface area contributed by atoms with Gasteiger partial charge < -0.3 is 20.9 Å². The van der Waals surface area contributed by atoms with Gasteiger partial charge in [-0.1, -0.05) is 35.9 Å². The minimum Gasteiger partial charge on any atom is -0.366 e. The lowest BCUT2D eigenvalue weighted by Gasteiger charge is -2.36. The number of nitrogens with zero attached hydrogens (tertiary/aromatic N) is 3. The van der Waals surface area contributed by atoms with E-state index in [0.717, 1.165) is 11.1 Å². The van der Waals surface area contributed by atoms with Crippen LogP contribution in [0.25, 0.3) is 0 Å². The minimum atomic E-state index is -0.463. The molecule has 8 heteroatoms. The van der Waals surface area contributed by atoms with E-state index in [-0.39, 0.29) is 12.5 Å². The Morgan fingerprint density at radius 2 is 1.93 bits per heavy atom. The highest BCUT2D eigenvalue weighted by Gasteiger charge is 2.26. The quantitative estimate of drug-likeness (QED) is 0.546. The molecule has 0 spiro atoms. The van der Waals surface area contributed by atoms with Crippen molar-refractivity contribution in [1.29, 1.82) is 0 Å². The zero-order chi connectivity index (χ0) is 21.5. The Morgan fingerprint density at radius 3 is 2.60 bits per heavy atom. The molecule has 158 valence electrons. The van der Waals surface area contributed by atoms with Crippen LogP contribution in [0.15, 0.2) is 53.5 Å². The van der Waals surface area contributed by atoms with Gasteiger partial charge in [0.2, 0.25) is 11.8 Å². The maximum Gasteiger partial charge on any atom is 0.248 e. The maximum atomic E-state index is 12.7. The van der Waals surface area contributed by atoms with Crippen molar-refractivity contribution in [2.45, 2.75) is 20.0 Å². The van der Waals surface area contributed by atoms with E-state index < -0.39 is 5.91 Å². The molecule has 2 aromatic rings. The number of rotatable bonds is 6. The van der Waals surface area contributed by atoms with Crippen LogP contribution in [0.4, 0.5) is 0 Å². The number of benzene rings is 2. The Hall–Kier alpha value is -3.06. The van der Waals surface area contributed by atoms with Crippen LogP contribution in [0.3, 0.4) is 0 Å². The zero-order valence-corrected chi connectivity index (χ0v) is 17.7. The maximum absolute atomic E-state index is 12.7. The van der Waals surface area contributed by atoms with E-state index in [9.17, 15) is 9.59 Å². The van der Waals surface area contributed by atoms with Crippen LogP contribution >= 0.6 is 11.6 Å². The fraction of sp³-hybridized carbons (Fsp3) is 0.318. The third-order valence-corrected chi connectivity index (χ3v) is 5.11. The Bertz CT molecular complexity index is 929. The first kappa shape index (κ1) is 21.6. The molecule has 30 heavy (non-hydrogen) atoms. The second-order valence-electron chi connectivity index (χ2n) is 7.10. The Labute approximate surface area is 181 Å². The minimum absolute atomic E-state index is 0.0533. The van der Waals surface area contributed by atoms with Crippen LogP contribution < -0.4 is 11.1 Å². The number of amides is 2. The van der Waals surface area contributed by atoms with Crippen molar-refractivity contribution in [3.63, 3.8) is 0 Å². The van der Waals surface area contributed by atoms with E-state index in [1.807, 2.05) is 47.1 Å². The summed E-state index contributed by atoms with van der Waals surface area (Å²) in [5.74, 6) is 0.272. The van der Waals surface area contributed by atoms with Gasteiger partial charge in [-0.3, -0.25) is 9.59 Å². The summed E-state index contributed by atoms with van der Waals surface area (Å²) in [6.45, 7) is 5.21. The van der Waals surface area contributed by atoms with Crippen molar-refractivity contribution in [2.75, 3.05) is 26.2 Å². The zero-order valence-electron chi connectivity index (χ0n) is 17.0. The number of halogens is 1. The van der Waals surface area contributed by atoms with Crippen molar-refractivity contribution >= 4 is 29.4 Å². The van der Waals surface area contributed by atoms with Crippen LogP contribution in [0.5, 0.6) is 0 Å². The lowest BCUT2D eigenvalue weighted by atomic mass is 10.1. The van der Waals surface area contributed by atoms with Gasteiger partial charge in [-0.2, -0.15) is 0 Å². The third-order valence-electron chi connectivity index (χ3n) is 4.86. The summed E-state index contributed by atoms with van der Waals surface area (Å²) >= 11 is 5.93. The van der Waals surface area contributed by atoms with E-state index >= 15 is 0 Å². The van der Waals surface area contributed by atoms with Gasteiger partial charge in [0.1, 0.15) is 0 Å². The van der Waals surface area contributed by atoms with Crippen molar-refractivity contribution in [2.24, 2.45) is 10.7 Å². The third kappa shape index (κ3) is 5.73. The normalized spacial score (nSPS) is 14.7. The number of hydrogen-bond donors (Lipinski definition) is 2. The molecule has 0 aromatic heterocycles. The number of primary amides is 1. The lowest BCUT2D eigenvalue weighted by molar-refractivity contribution is -0.135. The van der Waals surface area contributed by atoms with E-state index in [1.54, 1.807) is 18.2 Å². The van der Waals surface area contributed by atoms with E-state index in [0.29, 0.717) is 49.3 Å². The van der Waals surface area contributed by atoms with Crippen molar-refractivity contribution in [3.8, 4) is 0 Å². The molecule has 0 unspecified atom stereocenters. The molecule has 1 heterocycles.